The molecule has 24 heavy (non-hydrogen) atoms. The number of carbonyl (C=O) groups is 2. The summed E-state index contributed by atoms with van der Waals surface area (Å²) in [5, 5.41) is 0.352. The van der Waals surface area contributed by atoms with Crippen LogP contribution < -0.4 is 10.5 Å². The van der Waals surface area contributed by atoms with Gasteiger partial charge in [-0.1, -0.05) is 11.6 Å². The number of hydrogen-bond acceptors (Lipinski definition) is 5. The van der Waals surface area contributed by atoms with Gasteiger partial charge in [0.15, 0.2) is 6.10 Å². The lowest BCUT2D eigenvalue weighted by Crippen LogP contribution is -2.24. The van der Waals surface area contributed by atoms with Crippen molar-refractivity contribution in [1.82, 2.24) is 0 Å². The van der Waals surface area contributed by atoms with Crippen molar-refractivity contribution in [1.29, 1.82) is 0 Å². The third-order valence-corrected chi connectivity index (χ3v) is 3.68. The van der Waals surface area contributed by atoms with Crippen LogP contribution in [-0.2, 0) is 4.74 Å². The fraction of sp³-hybridized carbons (Fsp3) is 0.222. The number of anilines is 1. The Hall–Kier alpha value is -2.53. The first-order valence-electron chi connectivity index (χ1n) is 7.45. The number of carbonyl (C=O) groups excluding carboxylic acids is 2. The highest BCUT2D eigenvalue weighted by Crippen LogP contribution is 2.21. The van der Waals surface area contributed by atoms with Crippen LogP contribution in [0.15, 0.2) is 42.5 Å². The molecule has 0 aliphatic heterocycles. The molecule has 1 atom stereocenters. The molecule has 0 radical (unpaired) electrons. The van der Waals surface area contributed by atoms with Gasteiger partial charge in [-0.3, -0.25) is 4.79 Å². The van der Waals surface area contributed by atoms with Crippen LogP contribution in [0, 0.1) is 0 Å². The normalized spacial score (nSPS) is 11.6. The monoisotopic (exact) mass is 347 g/mol. The zero-order valence-electron chi connectivity index (χ0n) is 13.4. The van der Waals surface area contributed by atoms with E-state index in [-0.39, 0.29) is 17.0 Å². The number of Topliss-reactive ketones (excluding diaryl/α,β-unsaturated/α-hetero) is 1. The second-order valence-electron chi connectivity index (χ2n) is 5.11. The highest BCUT2D eigenvalue weighted by Gasteiger charge is 2.20. The van der Waals surface area contributed by atoms with E-state index in [1.165, 1.54) is 25.1 Å². The van der Waals surface area contributed by atoms with Gasteiger partial charge in [0.05, 0.1) is 22.9 Å². The maximum absolute atomic E-state index is 12.3. The van der Waals surface area contributed by atoms with Gasteiger partial charge in [-0.2, -0.15) is 0 Å². The molecule has 0 aromatic heterocycles. The average Bonchev–Trinajstić information content (AvgIpc) is 2.57. The Morgan fingerprint density at radius 2 is 1.75 bits per heavy atom. The summed E-state index contributed by atoms with van der Waals surface area (Å²) in [4.78, 5) is 24.4. The van der Waals surface area contributed by atoms with Gasteiger partial charge in [-0.25, -0.2) is 4.79 Å². The molecule has 0 bridgehead atoms. The van der Waals surface area contributed by atoms with Crippen LogP contribution in [0.4, 0.5) is 5.69 Å². The summed E-state index contributed by atoms with van der Waals surface area (Å²) < 4.78 is 10.5. The lowest BCUT2D eigenvalue weighted by atomic mass is 10.1. The summed E-state index contributed by atoms with van der Waals surface area (Å²) in [5.74, 6) is -0.256. The first-order chi connectivity index (χ1) is 11.4. The second-order valence-corrected chi connectivity index (χ2v) is 5.51. The Labute approximate surface area is 145 Å². The first kappa shape index (κ1) is 17.8. The molecule has 2 rings (SSSR count). The summed E-state index contributed by atoms with van der Waals surface area (Å²) >= 11 is 5.82. The van der Waals surface area contributed by atoms with Gasteiger partial charge in [0.2, 0.25) is 5.78 Å². The van der Waals surface area contributed by atoms with E-state index in [0.29, 0.717) is 22.9 Å². The molecule has 0 amide bonds. The minimum absolute atomic E-state index is 0.239. The predicted molar refractivity (Wildman–Crippen MR) is 92.7 cm³/mol. The molecule has 0 aliphatic carbocycles. The molecule has 0 unspecified atom stereocenters. The smallest absolute Gasteiger partial charge is 0.338 e. The van der Waals surface area contributed by atoms with Crippen LogP contribution in [0.1, 0.15) is 34.6 Å². The fourth-order valence-electron chi connectivity index (χ4n) is 2.07. The Morgan fingerprint density at radius 3 is 2.33 bits per heavy atom. The zero-order valence-corrected chi connectivity index (χ0v) is 14.2. The molecule has 0 aliphatic rings. The molecule has 0 spiro atoms. The molecular formula is C18H18ClNO4. The van der Waals surface area contributed by atoms with Crippen molar-refractivity contribution in [2.45, 2.75) is 20.0 Å². The van der Waals surface area contributed by atoms with E-state index in [1.54, 1.807) is 24.3 Å². The maximum Gasteiger partial charge on any atom is 0.338 e. The number of benzene rings is 2. The van der Waals surface area contributed by atoms with E-state index in [9.17, 15) is 9.59 Å². The summed E-state index contributed by atoms with van der Waals surface area (Å²) in [6.45, 7) is 3.95. The first-order valence-corrected chi connectivity index (χ1v) is 7.83. The predicted octanol–water partition coefficient (Wildman–Crippen LogP) is 3.75. The van der Waals surface area contributed by atoms with E-state index in [2.05, 4.69) is 0 Å². The number of nitrogen functional groups attached to an aromatic ring is 1. The standard InChI is InChI=1S/C18H18ClNO4/c1-3-23-14-7-4-12(5-8-14)17(21)11(2)24-18(22)13-6-9-15(19)16(20)10-13/h4-11H,3,20H2,1-2H3/t11-/m1/s1. The largest absolute Gasteiger partial charge is 0.494 e. The number of nitrogens with two attached hydrogens (primary N) is 1. The molecular weight excluding hydrogens is 330 g/mol. The maximum atomic E-state index is 12.3. The van der Waals surface area contributed by atoms with E-state index < -0.39 is 12.1 Å². The van der Waals surface area contributed by atoms with E-state index in [0.717, 1.165) is 0 Å². The Bertz CT molecular complexity index is 743. The third kappa shape index (κ3) is 4.26. The third-order valence-electron chi connectivity index (χ3n) is 3.33. The van der Waals surface area contributed by atoms with Crippen LogP contribution in [-0.4, -0.2) is 24.5 Å². The van der Waals surface area contributed by atoms with Crippen molar-refractivity contribution in [3.63, 3.8) is 0 Å². The Morgan fingerprint density at radius 1 is 1.12 bits per heavy atom. The highest BCUT2D eigenvalue weighted by molar-refractivity contribution is 6.33. The van der Waals surface area contributed by atoms with E-state index >= 15 is 0 Å². The molecule has 2 aromatic carbocycles. The van der Waals surface area contributed by atoms with Crippen molar-refractivity contribution in [3.05, 3.63) is 58.6 Å². The van der Waals surface area contributed by atoms with Gasteiger partial charge in [-0.15, -0.1) is 0 Å². The lowest BCUT2D eigenvalue weighted by molar-refractivity contribution is 0.0319. The number of ketones is 1. The summed E-state index contributed by atoms with van der Waals surface area (Å²) in [5.41, 5.74) is 6.61. The number of hydrogen-bond donors (Lipinski definition) is 1. The van der Waals surface area contributed by atoms with Gasteiger partial charge in [-0.05, 0) is 56.3 Å². The van der Waals surface area contributed by atoms with Gasteiger partial charge < -0.3 is 15.2 Å². The van der Waals surface area contributed by atoms with Crippen molar-refractivity contribution in [2.75, 3.05) is 12.3 Å². The minimum Gasteiger partial charge on any atom is -0.494 e. The van der Waals surface area contributed by atoms with E-state index in [4.69, 9.17) is 26.8 Å². The number of halogens is 1. The molecule has 2 N–H and O–H groups in total. The van der Waals surface area contributed by atoms with Crippen molar-refractivity contribution in [2.24, 2.45) is 0 Å². The van der Waals surface area contributed by atoms with Crippen molar-refractivity contribution < 1.29 is 19.1 Å². The number of esters is 1. The molecule has 2 aromatic rings. The average molecular weight is 348 g/mol. The van der Waals surface area contributed by atoms with Gasteiger partial charge in [0, 0.05) is 5.56 Å². The summed E-state index contributed by atoms with van der Waals surface area (Å²) in [6, 6.07) is 11.1. The molecule has 126 valence electrons. The SMILES string of the molecule is CCOc1ccc(C(=O)[C@@H](C)OC(=O)c2ccc(Cl)c(N)c2)cc1. The van der Waals surface area contributed by atoms with Crippen molar-refractivity contribution in [3.8, 4) is 5.75 Å². The molecule has 5 nitrogen and oxygen atoms in total. The van der Waals surface area contributed by atoms with E-state index in [1.807, 2.05) is 6.92 Å². The fourth-order valence-corrected chi connectivity index (χ4v) is 2.19. The molecule has 0 saturated heterocycles. The highest BCUT2D eigenvalue weighted by atomic mass is 35.5. The number of rotatable bonds is 6. The topological polar surface area (TPSA) is 78.6 Å². The van der Waals surface area contributed by atoms with Gasteiger partial charge in [0.1, 0.15) is 5.75 Å². The quantitative estimate of drug-likeness (QED) is 0.489. The van der Waals surface area contributed by atoms with Crippen LogP contribution in [0.2, 0.25) is 5.02 Å². The van der Waals surface area contributed by atoms with Gasteiger partial charge >= 0.3 is 5.97 Å². The van der Waals surface area contributed by atoms with Crippen LogP contribution in [0.25, 0.3) is 0 Å². The summed E-state index contributed by atoms with van der Waals surface area (Å²) in [6.07, 6.45) is -0.924. The molecule has 6 heteroatoms. The van der Waals surface area contributed by atoms with Crippen LogP contribution >= 0.6 is 11.6 Å². The Kier molecular flexibility index (Phi) is 5.82. The minimum atomic E-state index is -0.924. The molecule has 0 saturated carbocycles. The molecule has 0 fully saturated rings. The van der Waals surface area contributed by atoms with Crippen LogP contribution in [0.3, 0.4) is 0 Å². The van der Waals surface area contributed by atoms with Crippen LogP contribution in [0.5, 0.6) is 5.75 Å². The number of ether oxygens (including phenoxy) is 2. The van der Waals surface area contributed by atoms with Crippen molar-refractivity contribution >= 4 is 29.0 Å². The molecule has 0 heterocycles. The lowest BCUT2D eigenvalue weighted by Gasteiger charge is -2.13. The summed E-state index contributed by atoms with van der Waals surface area (Å²) in [7, 11) is 0. The Balaban J connectivity index is 2.04. The van der Waals surface area contributed by atoms with Gasteiger partial charge in [0.25, 0.3) is 0 Å². The second kappa shape index (κ2) is 7.84. The zero-order chi connectivity index (χ0) is 17.7.